The Morgan fingerprint density at radius 1 is 1.24 bits per heavy atom. The topological polar surface area (TPSA) is 65.3 Å². The molecule has 1 aromatic heterocycles. The van der Waals surface area contributed by atoms with Crippen molar-refractivity contribution in [1.29, 1.82) is 0 Å². The van der Waals surface area contributed by atoms with Crippen molar-refractivity contribution in [2.75, 3.05) is 0 Å². The lowest BCUT2D eigenvalue weighted by Gasteiger charge is -2.06. The number of fused-ring (bicyclic) bond motifs is 1. The number of aryl methyl sites for hydroxylation is 1. The van der Waals surface area contributed by atoms with Crippen LogP contribution in [-0.2, 0) is 6.61 Å². The van der Waals surface area contributed by atoms with E-state index in [-0.39, 0.29) is 5.69 Å². The smallest absolute Gasteiger partial charge is 0.269 e. The van der Waals surface area contributed by atoms with Crippen LogP contribution < -0.4 is 4.74 Å². The minimum absolute atomic E-state index is 0.0816. The zero-order valence-electron chi connectivity index (χ0n) is 11.3. The first kappa shape index (κ1) is 13.5. The largest absolute Gasteiger partial charge is 0.489 e. The number of rotatable bonds is 4. The predicted octanol–water partition coefficient (Wildman–Crippen LogP) is 4.09. The third-order valence-electron chi connectivity index (χ3n) is 3.02. The van der Waals surface area contributed by atoms with Crippen molar-refractivity contribution in [3.63, 3.8) is 0 Å². The molecular formula is C15H12N2O3S. The van der Waals surface area contributed by atoms with Gasteiger partial charge in [-0.25, -0.2) is 4.98 Å². The van der Waals surface area contributed by atoms with Crippen LogP contribution in [0.4, 0.5) is 5.69 Å². The molecule has 0 spiro atoms. The highest BCUT2D eigenvalue weighted by atomic mass is 32.1. The van der Waals surface area contributed by atoms with Gasteiger partial charge in [0, 0.05) is 18.2 Å². The summed E-state index contributed by atoms with van der Waals surface area (Å²) in [7, 11) is 0. The van der Waals surface area contributed by atoms with Crippen LogP contribution in [0.1, 0.15) is 10.6 Å². The van der Waals surface area contributed by atoms with Crippen molar-refractivity contribution >= 4 is 27.2 Å². The summed E-state index contributed by atoms with van der Waals surface area (Å²) >= 11 is 1.65. The molecule has 0 aliphatic carbocycles. The highest BCUT2D eigenvalue weighted by molar-refractivity contribution is 7.18. The standard InChI is InChI=1S/C15H12N2O3S/c1-10-16-14-8-13(6-7-15(14)21-10)20-9-11-2-4-12(5-3-11)17(18)19/h2-8H,9H2,1H3. The fraction of sp³-hybridized carbons (Fsp3) is 0.133. The minimum Gasteiger partial charge on any atom is -0.489 e. The minimum atomic E-state index is -0.414. The van der Waals surface area contributed by atoms with Crippen molar-refractivity contribution in [2.45, 2.75) is 13.5 Å². The highest BCUT2D eigenvalue weighted by Crippen LogP contribution is 2.26. The van der Waals surface area contributed by atoms with E-state index in [4.69, 9.17) is 4.74 Å². The van der Waals surface area contributed by atoms with Crippen LogP contribution in [0, 0.1) is 17.0 Å². The Morgan fingerprint density at radius 2 is 2.00 bits per heavy atom. The summed E-state index contributed by atoms with van der Waals surface area (Å²) in [5.74, 6) is 0.742. The van der Waals surface area contributed by atoms with E-state index < -0.39 is 4.92 Å². The van der Waals surface area contributed by atoms with Crippen LogP contribution in [0.5, 0.6) is 5.75 Å². The second kappa shape index (κ2) is 5.49. The van der Waals surface area contributed by atoms with E-state index in [0.29, 0.717) is 6.61 Å². The first-order valence-corrected chi connectivity index (χ1v) is 7.17. The van der Waals surface area contributed by atoms with Gasteiger partial charge in [0.1, 0.15) is 12.4 Å². The Bertz CT molecular complexity index is 796. The van der Waals surface area contributed by atoms with Gasteiger partial charge in [0.05, 0.1) is 20.1 Å². The molecule has 3 rings (SSSR count). The number of nitro groups is 1. The normalized spacial score (nSPS) is 10.7. The molecule has 2 aromatic carbocycles. The number of nitro benzene ring substituents is 1. The van der Waals surface area contributed by atoms with Crippen LogP contribution in [0.15, 0.2) is 42.5 Å². The SMILES string of the molecule is Cc1nc2cc(OCc3ccc([N+](=O)[O-])cc3)ccc2s1. The molecule has 106 valence electrons. The highest BCUT2D eigenvalue weighted by Gasteiger charge is 2.05. The zero-order valence-corrected chi connectivity index (χ0v) is 12.1. The maximum absolute atomic E-state index is 10.6. The summed E-state index contributed by atoms with van der Waals surface area (Å²) in [5, 5.41) is 11.6. The Balaban J connectivity index is 1.71. The lowest BCUT2D eigenvalue weighted by atomic mass is 10.2. The number of nitrogens with zero attached hydrogens (tertiary/aromatic N) is 2. The van der Waals surface area contributed by atoms with Gasteiger partial charge >= 0.3 is 0 Å². The number of ether oxygens (including phenoxy) is 1. The summed E-state index contributed by atoms with van der Waals surface area (Å²) in [5.41, 5.74) is 1.90. The molecular weight excluding hydrogens is 288 g/mol. The molecule has 1 heterocycles. The van der Waals surface area contributed by atoms with Gasteiger partial charge in [0.2, 0.25) is 0 Å². The molecule has 0 atom stereocenters. The maximum Gasteiger partial charge on any atom is 0.269 e. The maximum atomic E-state index is 10.6. The molecule has 3 aromatic rings. The monoisotopic (exact) mass is 300 g/mol. The number of hydrogen-bond acceptors (Lipinski definition) is 5. The number of hydrogen-bond donors (Lipinski definition) is 0. The van der Waals surface area contributed by atoms with Crippen LogP contribution in [0.3, 0.4) is 0 Å². The first-order chi connectivity index (χ1) is 10.1. The quantitative estimate of drug-likeness (QED) is 0.537. The van der Waals surface area contributed by atoms with Gasteiger partial charge in [-0.3, -0.25) is 10.1 Å². The zero-order chi connectivity index (χ0) is 14.8. The second-order valence-corrected chi connectivity index (χ2v) is 5.81. The molecule has 0 saturated heterocycles. The summed E-state index contributed by atoms with van der Waals surface area (Å²) in [6.45, 7) is 2.34. The summed E-state index contributed by atoms with van der Waals surface area (Å²) in [6, 6.07) is 12.2. The van der Waals surface area contributed by atoms with Gasteiger partial charge in [-0.2, -0.15) is 0 Å². The van der Waals surface area contributed by atoms with Crippen LogP contribution >= 0.6 is 11.3 Å². The van der Waals surface area contributed by atoms with Gasteiger partial charge in [-0.05, 0) is 36.8 Å². The molecule has 21 heavy (non-hydrogen) atoms. The van der Waals surface area contributed by atoms with E-state index >= 15 is 0 Å². The Morgan fingerprint density at radius 3 is 2.71 bits per heavy atom. The van der Waals surface area contributed by atoms with Gasteiger partial charge < -0.3 is 4.74 Å². The van der Waals surface area contributed by atoms with Gasteiger partial charge in [0.15, 0.2) is 0 Å². The third-order valence-corrected chi connectivity index (χ3v) is 3.97. The van der Waals surface area contributed by atoms with Crippen molar-refractivity contribution in [3.8, 4) is 5.75 Å². The van der Waals surface area contributed by atoms with Crippen LogP contribution in [0.25, 0.3) is 10.2 Å². The van der Waals surface area contributed by atoms with Crippen molar-refractivity contribution in [2.24, 2.45) is 0 Å². The van der Waals surface area contributed by atoms with E-state index in [2.05, 4.69) is 4.98 Å². The average Bonchev–Trinajstić information content (AvgIpc) is 2.84. The van der Waals surface area contributed by atoms with E-state index in [0.717, 1.165) is 26.5 Å². The predicted molar refractivity (Wildman–Crippen MR) is 81.8 cm³/mol. The van der Waals surface area contributed by atoms with Crippen LogP contribution in [-0.4, -0.2) is 9.91 Å². The Labute approximate surface area is 125 Å². The van der Waals surface area contributed by atoms with Crippen molar-refractivity contribution in [3.05, 3.63) is 63.1 Å². The van der Waals surface area contributed by atoms with E-state index in [9.17, 15) is 10.1 Å². The average molecular weight is 300 g/mol. The van der Waals surface area contributed by atoms with Gasteiger partial charge in [0.25, 0.3) is 5.69 Å². The van der Waals surface area contributed by atoms with E-state index in [1.165, 1.54) is 12.1 Å². The van der Waals surface area contributed by atoms with Crippen molar-refractivity contribution in [1.82, 2.24) is 4.98 Å². The summed E-state index contributed by atoms with van der Waals surface area (Å²) in [6.07, 6.45) is 0. The number of non-ortho nitro benzene ring substituents is 1. The molecule has 0 fully saturated rings. The van der Waals surface area contributed by atoms with Crippen LogP contribution in [0.2, 0.25) is 0 Å². The molecule has 0 amide bonds. The lowest BCUT2D eigenvalue weighted by molar-refractivity contribution is -0.384. The molecule has 5 nitrogen and oxygen atoms in total. The lowest BCUT2D eigenvalue weighted by Crippen LogP contribution is -1.96. The Hall–Kier alpha value is -2.47. The molecule has 0 saturated carbocycles. The number of benzene rings is 2. The molecule has 0 aliphatic heterocycles. The number of thiazole rings is 1. The molecule has 0 aliphatic rings. The molecule has 0 bridgehead atoms. The van der Waals surface area contributed by atoms with E-state index in [1.54, 1.807) is 23.5 Å². The summed E-state index contributed by atoms with van der Waals surface area (Å²) < 4.78 is 6.84. The third kappa shape index (κ3) is 3.00. The van der Waals surface area contributed by atoms with Crippen molar-refractivity contribution < 1.29 is 9.66 Å². The molecule has 6 heteroatoms. The summed E-state index contributed by atoms with van der Waals surface area (Å²) in [4.78, 5) is 14.6. The fourth-order valence-electron chi connectivity index (χ4n) is 1.99. The van der Waals surface area contributed by atoms with E-state index in [1.807, 2.05) is 25.1 Å². The molecule has 0 radical (unpaired) electrons. The number of aromatic nitrogens is 1. The van der Waals surface area contributed by atoms with Gasteiger partial charge in [-0.15, -0.1) is 11.3 Å². The fourth-order valence-corrected chi connectivity index (χ4v) is 2.80. The molecule has 0 unspecified atom stereocenters. The van der Waals surface area contributed by atoms with Gasteiger partial charge in [-0.1, -0.05) is 0 Å². The Kier molecular flexibility index (Phi) is 3.53. The molecule has 0 N–H and O–H groups in total. The first-order valence-electron chi connectivity index (χ1n) is 6.35. The second-order valence-electron chi connectivity index (χ2n) is 4.57.